The molecule has 0 saturated heterocycles. The van der Waals surface area contributed by atoms with Crippen molar-refractivity contribution in [3.8, 4) is 11.8 Å². The van der Waals surface area contributed by atoms with E-state index in [1.165, 1.54) is 0 Å². The van der Waals surface area contributed by atoms with Gasteiger partial charge in [-0.15, -0.1) is 0 Å². The Morgan fingerprint density at radius 3 is 2.52 bits per heavy atom. The van der Waals surface area contributed by atoms with E-state index in [1.807, 2.05) is 53.1 Å². The summed E-state index contributed by atoms with van der Waals surface area (Å²) in [7, 11) is 0. The Balaban J connectivity index is 1.73. The lowest BCUT2D eigenvalue weighted by Crippen LogP contribution is -1.99. The van der Waals surface area contributed by atoms with Gasteiger partial charge in [-0.2, -0.15) is 0 Å². The Morgan fingerprint density at radius 2 is 1.80 bits per heavy atom. The summed E-state index contributed by atoms with van der Waals surface area (Å²) in [5.41, 5.74) is 2.54. The molecule has 0 N–H and O–H groups in total. The molecule has 0 saturated carbocycles. The summed E-state index contributed by atoms with van der Waals surface area (Å²) in [5.74, 6) is 6.29. The number of hydrogen-bond donors (Lipinski definition) is 0. The summed E-state index contributed by atoms with van der Waals surface area (Å²) < 4.78 is 2.00. The molecular weight excluding hydrogens is 353 g/mol. The van der Waals surface area contributed by atoms with E-state index in [0.29, 0.717) is 15.7 Å². The first-order chi connectivity index (χ1) is 12.1. The van der Waals surface area contributed by atoms with Crippen LogP contribution in [0, 0.1) is 11.8 Å². The first-order valence-electron chi connectivity index (χ1n) is 8.10. The Bertz CT molecular complexity index is 975. The first kappa shape index (κ1) is 17.6. The molecule has 1 heterocycles. The minimum Gasteiger partial charge on any atom is -0.331 e. The van der Waals surface area contributed by atoms with Gasteiger partial charge in [0.15, 0.2) is 5.78 Å². The van der Waals surface area contributed by atoms with Gasteiger partial charge in [0.25, 0.3) is 0 Å². The minimum absolute atomic E-state index is 0.0116. The van der Waals surface area contributed by atoms with Crippen LogP contribution in [0.4, 0.5) is 0 Å². The third kappa shape index (κ3) is 3.90. The van der Waals surface area contributed by atoms with Gasteiger partial charge in [0.1, 0.15) is 5.15 Å². The molecule has 3 rings (SSSR count). The van der Waals surface area contributed by atoms with Crippen molar-refractivity contribution in [3.05, 3.63) is 69.8 Å². The van der Waals surface area contributed by atoms with Crippen molar-refractivity contribution in [2.24, 2.45) is 0 Å². The Hall–Kier alpha value is -2.21. The van der Waals surface area contributed by atoms with E-state index in [2.05, 4.69) is 11.8 Å². The average Bonchev–Trinajstić information content (AvgIpc) is 2.88. The molecule has 2 aromatic carbocycles. The van der Waals surface area contributed by atoms with Gasteiger partial charge in [-0.25, -0.2) is 0 Å². The number of rotatable bonds is 4. The first-order valence-corrected chi connectivity index (χ1v) is 8.85. The second-order valence-corrected chi connectivity index (χ2v) is 6.60. The molecule has 0 aliphatic rings. The lowest BCUT2D eigenvalue weighted by atomic mass is 10.1. The zero-order chi connectivity index (χ0) is 17.8. The van der Waals surface area contributed by atoms with Gasteiger partial charge < -0.3 is 4.57 Å². The predicted molar refractivity (Wildman–Crippen MR) is 105 cm³/mol. The summed E-state index contributed by atoms with van der Waals surface area (Å²) in [4.78, 5) is 11.9. The monoisotopic (exact) mass is 369 g/mol. The highest BCUT2D eigenvalue weighted by atomic mass is 35.5. The standard InChI is InChI=1S/C21H17Cl2NO/c1-15(25)20-18-8-4-5-9-19(18)24(21(20)23)14-6-2-3-7-16-10-12-17(22)13-11-16/h4-5,8-13H,2,6,14H2,1H3. The van der Waals surface area contributed by atoms with Crippen molar-refractivity contribution in [2.45, 2.75) is 26.3 Å². The average molecular weight is 370 g/mol. The fourth-order valence-electron chi connectivity index (χ4n) is 2.85. The summed E-state index contributed by atoms with van der Waals surface area (Å²) in [5, 5.41) is 2.13. The van der Waals surface area contributed by atoms with E-state index in [1.54, 1.807) is 6.92 Å². The van der Waals surface area contributed by atoms with Gasteiger partial charge in [-0.3, -0.25) is 4.79 Å². The number of aromatic nitrogens is 1. The molecule has 0 spiro atoms. The normalized spacial score (nSPS) is 10.5. The highest BCUT2D eigenvalue weighted by Crippen LogP contribution is 2.30. The third-order valence-electron chi connectivity index (χ3n) is 4.02. The highest BCUT2D eigenvalue weighted by Gasteiger charge is 2.17. The number of nitrogens with zero attached hydrogens (tertiary/aromatic N) is 1. The molecule has 1 aromatic heterocycles. The van der Waals surface area contributed by atoms with Crippen LogP contribution >= 0.6 is 23.2 Å². The number of unbranched alkanes of at least 4 members (excludes halogenated alkanes) is 1. The number of carbonyl (C=O) groups is 1. The Morgan fingerprint density at radius 1 is 1.08 bits per heavy atom. The van der Waals surface area contributed by atoms with E-state index in [4.69, 9.17) is 23.2 Å². The van der Waals surface area contributed by atoms with Gasteiger partial charge in [-0.05, 0) is 43.7 Å². The summed E-state index contributed by atoms with van der Waals surface area (Å²) in [6, 6.07) is 15.3. The van der Waals surface area contributed by atoms with Gasteiger partial charge in [-0.1, -0.05) is 53.2 Å². The molecule has 0 radical (unpaired) electrons. The lowest BCUT2D eigenvalue weighted by molar-refractivity contribution is 0.101. The van der Waals surface area contributed by atoms with Crippen LogP contribution in [0.3, 0.4) is 0 Å². The topological polar surface area (TPSA) is 22.0 Å². The number of fused-ring (bicyclic) bond motifs is 1. The molecule has 126 valence electrons. The minimum atomic E-state index is -0.0116. The molecule has 4 heteroatoms. The number of para-hydroxylation sites is 1. The van der Waals surface area contributed by atoms with E-state index >= 15 is 0 Å². The van der Waals surface area contributed by atoms with Crippen LogP contribution in [0.5, 0.6) is 0 Å². The molecule has 0 aliphatic heterocycles. The maximum absolute atomic E-state index is 11.9. The maximum Gasteiger partial charge on any atom is 0.163 e. The molecule has 25 heavy (non-hydrogen) atoms. The van der Waals surface area contributed by atoms with Gasteiger partial charge in [0, 0.05) is 34.5 Å². The van der Waals surface area contributed by atoms with Crippen LogP contribution in [0.25, 0.3) is 10.9 Å². The molecule has 0 aliphatic carbocycles. The Kier molecular flexibility index (Phi) is 5.48. The quantitative estimate of drug-likeness (QED) is 0.314. The van der Waals surface area contributed by atoms with Crippen LogP contribution in [0.15, 0.2) is 48.5 Å². The SMILES string of the molecule is CC(=O)c1c(Cl)n(CCCC#Cc2ccc(Cl)cc2)c2ccccc12. The number of halogens is 2. The van der Waals surface area contributed by atoms with Crippen molar-refractivity contribution in [1.82, 2.24) is 4.57 Å². The van der Waals surface area contributed by atoms with Gasteiger partial charge in [0.05, 0.1) is 5.56 Å². The fourth-order valence-corrected chi connectivity index (χ4v) is 3.39. The number of aryl methyl sites for hydroxylation is 1. The van der Waals surface area contributed by atoms with E-state index in [0.717, 1.165) is 35.9 Å². The molecule has 0 unspecified atom stereocenters. The molecule has 2 nitrogen and oxygen atoms in total. The summed E-state index contributed by atoms with van der Waals surface area (Å²) >= 11 is 12.3. The second kappa shape index (κ2) is 7.78. The van der Waals surface area contributed by atoms with Crippen molar-refractivity contribution >= 4 is 39.9 Å². The van der Waals surface area contributed by atoms with E-state index in [-0.39, 0.29) is 5.78 Å². The summed E-state index contributed by atoms with van der Waals surface area (Å²) in [6.07, 6.45) is 1.61. The number of ketones is 1. The number of Topliss-reactive ketones (excluding diaryl/α,β-unsaturated/α-hetero) is 1. The van der Waals surface area contributed by atoms with Gasteiger partial charge in [0.2, 0.25) is 0 Å². The highest BCUT2D eigenvalue weighted by molar-refractivity contribution is 6.35. The lowest BCUT2D eigenvalue weighted by Gasteiger charge is -2.05. The van der Waals surface area contributed by atoms with E-state index in [9.17, 15) is 4.79 Å². The van der Waals surface area contributed by atoms with Crippen LogP contribution in [-0.4, -0.2) is 10.4 Å². The van der Waals surface area contributed by atoms with Crippen LogP contribution in [0.2, 0.25) is 10.2 Å². The zero-order valence-electron chi connectivity index (χ0n) is 13.9. The van der Waals surface area contributed by atoms with Crippen molar-refractivity contribution in [3.63, 3.8) is 0 Å². The molecule has 0 amide bonds. The number of benzene rings is 2. The summed E-state index contributed by atoms with van der Waals surface area (Å²) in [6.45, 7) is 2.28. The molecule has 0 fully saturated rings. The van der Waals surface area contributed by atoms with Crippen LogP contribution < -0.4 is 0 Å². The van der Waals surface area contributed by atoms with Crippen molar-refractivity contribution in [2.75, 3.05) is 0 Å². The van der Waals surface area contributed by atoms with Crippen LogP contribution in [0.1, 0.15) is 35.7 Å². The number of hydrogen-bond acceptors (Lipinski definition) is 1. The fraction of sp³-hybridized carbons (Fsp3) is 0.190. The molecule has 0 atom stereocenters. The third-order valence-corrected chi connectivity index (χ3v) is 4.66. The molecule has 3 aromatic rings. The largest absolute Gasteiger partial charge is 0.331 e. The molecular formula is C21H17Cl2NO. The number of carbonyl (C=O) groups excluding carboxylic acids is 1. The van der Waals surface area contributed by atoms with Crippen molar-refractivity contribution < 1.29 is 4.79 Å². The maximum atomic E-state index is 11.9. The van der Waals surface area contributed by atoms with Crippen molar-refractivity contribution in [1.29, 1.82) is 0 Å². The van der Waals surface area contributed by atoms with Gasteiger partial charge >= 0.3 is 0 Å². The zero-order valence-corrected chi connectivity index (χ0v) is 15.4. The smallest absolute Gasteiger partial charge is 0.163 e. The van der Waals surface area contributed by atoms with Crippen LogP contribution in [-0.2, 0) is 6.54 Å². The second-order valence-electron chi connectivity index (χ2n) is 5.80. The Labute approximate surface area is 157 Å². The van der Waals surface area contributed by atoms with E-state index < -0.39 is 0 Å². The predicted octanol–water partition coefficient (Wildman–Crippen LogP) is 5.98. The molecule has 0 bridgehead atoms.